The Morgan fingerprint density at radius 1 is 1.07 bits per heavy atom. The average Bonchev–Trinajstić information content (AvgIpc) is 3.41. The minimum absolute atomic E-state index is 0.0724. The summed E-state index contributed by atoms with van der Waals surface area (Å²) in [6, 6.07) is 6.24. The van der Waals surface area contributed by atoms with E-state index >= 15 is 0 Å². The van der Waals surface area contributed by atoms with Gasteiger partial charge in [-0.3, -0.25) is 8.98 Å². The number of aromatic nitrogens is 2. The number of benzene rings is 1. The highest BCUT2D eigenvalue weighted by Crippen LogP contribution is 2.34. The molecule has 2 N–H and O–H groups in total. The molecule has 13 nitrogen and oxygen atoms in total. The van der Waals surface area contributed by atoms with Crippen molar-refractivity contribution in [2.75, 3.05) is 64.5 Å². The summed E-state index contributed by atoms with van der Waals surface area (Å²) in [6.07, 6.45) is 3.78. The van der Waals surface area contributed by atoms with Gasteiger partial charge in [-0.25, -0.2) is 4.99 Å². The number of nitrogens with one attached hydrogen (secondary N) is 2. The normalized spacial score (nSPS) is 12.9. The Morgan fingerprint density at radius 3 is 2.20 bits per heavy atom. The standard InChI is InChI=1S/C27H39N5O7SSi.C2H7N/c1-9-14-32(15-16-38-40(5,34)35)27-30-25(36-3)23(26(31-27)37-4)29-24(33)20-12-13-22(28-20)39-21-17-19(41(6,7)8)11-10-18(21)2;1-3-2/h10-12,17H,9,13-16H2,1-8H3,(H,29,33);3H,1-2H3. The molecule has 2 aromatic rings. The van der Waals surface area contributed by atoms with E-state index in [9.17, 15) is 13.2 Å². The lowest BCUT2D eigenvalue weighted by atomic mass is 10.2. The molecule has 0 radical (unpaired) electrons. The molecule has 0 fully saturated rings. The first kappa shape index (κ1) is 36.7. The molecule has 2 heterocycles. The number of hydrogen-bond donors (Lipinski definition) is 2. The second-order valence-electron chi connectivity index (χ2n) is 11.0. The van der Waals surface area contributed by atoms with E-state index in [1.807, 2.05) is 34.0 Å². The molecule has 0 spiro atoms. The third-order valence-electron chi connectivity index (χ3n) is 6.12. The lowest BCUT2D eigenvalue weighted by Crippen LogP contribution is -2.37. The summed E-state index contributed by atoms with van der Waals surface area (Å²) >= 11 is 0. The first-order valence-corrected chi connectivity index (χ1v) is 19.5. The van der Waals surface area contributed by atoms with Gasteiger partial charge in [0, 0.05) is 19.5 Å². The average molecular weight is 651 g/mol. The summed E-state index contributed by atoms with van der Waals surface area (Å²) in [5.74, 6) is 1.02. The summed E-state index contributed by atoms with van der Waals surface area (Å²) in [6.45, 7) is 11.4. The summed E-state index contributed by atoms with van der Waals surface area (Å²) in [5, 5.41) is 6.77. The zero-order chi connectivity index (χ0) is 33.1. The van der Waals surface area contributed by atoms with Crippen LogP contribution in [0.4, 0.5) is 11.6 Å². The van der Waals surface area contributed by atoms with Crippen molar-refractivity contribution in [3.8, 4) is 17.5 Å². The quantitative estimate of drug-likeness (QED) is 0.243. The third kappa shape index (κ3) is 10.9. The maximum Gasteiger partial charge on any atom is 0.274 e. The van der Waals surface area contributed by atoms with Crippen molar-refractivity contribution in [3.63, 3.8) is 0 Å². The molecule has 0 saturated carbocycles. The summed E-state index contributed by atoms with van der Waals surface area (Å²) in [7, 11) is 1.45. The number of carbonyl (C=O) groups is 1. The second-order valence-corrected chi connectivity index (χ2v) is 17.7. The number of amides is 1. The van der Waals surface area contributed by atoms with E-state index < -0.39 is 24.1 Å². The number of hydrogen-bond acceptors (Lipinski definition) is 12. The van der Waals surface area contributed by atoms with Crippen LogP contribution in [0.15, 0.2) is 35.0 Å². The molecule has 44 heavy (non-hydrogen) atoms. The Bertz CT molecular complexity index is 1430. The summed E-state index contributed by atoms with van der Waals surface area (Å²) < 4.78 is 44.6. The van der Waals surface area contributed by atoms with E-state index in [0.717, 1.165) is 24.0 Å². The first-order valence-electron chi connectivity index (χ1n) is 14.2. The van der Waals surface area contributed by atoms with Crippen LogP contribution in [0, 0.1) is 6.92 Å². The zero-order valence-corrected chi connectivity index (χ0v) is 29.2. The molecule has 1 amide bonds. The van der Waals surface area contributed by atoms with Crippen molar-refractivity contribution in [1.82, 2.24) is 15.3 Å². The predicted molar refractivity (Wildman–Crippen MR) is 177 cm³/mol. The van der Waals surface area contributed by atoms with Crippen LogP contribution in [0.3, 0.4) is 0 Å². The largest absolute Gasteiger partial charge is 0.479 e. The molecule has 3 rings (SSSR count). The van der Waals surface area contributed by atoms with Gasteiger partial charge in [-0.05, 0) is 45.1 Å². The van der Waals surface area contributed by atoms with Crippen LogP contribution in [0.2, 0.25) is 19.6 Å². The molecule has 1 aliphatic rings. The number of rotatable bonds is 13. The molecule has 0 unspecified atom stereocenters. The monoisotopic (exact) mass is 650 g/mol. The SMILES string of the molecule is CCCN(CCOS(C)(=O)=O)c1nc(OC)c(NC(=O)C2=CCC(Oc3cc([Si](C)(C)C)ccc3C)=N2)c(OC)n1.CNC. The fourth-order valence-electron chi connectivity index (χ4n) is 3.93. The van der Waals surface area contributed by atoms with Gasteiger partial charge in [0.15, 0.2) is 11.6 Å². The van der Waals surface area contributed by atoms with Crippen LogP contribution in [-0.4, -0.2) is 92.5 Å². The lowest BCUT2D eigenvalue weighted by Gasteiger charge is -2.23. The number of anilines is 2. The molecular formula is C29H46N6O7SSi. The van der Waals surface area contributed by atoms with Crippen LogP contribution in [-0.2, 0) is 19.1 Å². The smallest absolute Gasteiger partial charge is 0.274 e. The number of carbonyl (C=O) groups excluding carboxylic acids is 1. The fraction of sp³-hybridized carbons (Fsp3) is 0.517. The van der Waals surface area contributed by atoms with Gasteiger partial charge in [-0.2, -0.15) is 18.4 Å². The number of methoxy groups -OCH3 is 2. The lowest BCUT2D eigenvalue weighted by molar-refractivity contribution is -0.112. The number of aliphatic imine (C=N–C) groups is 1. The maximum atomic E-state index is 13.2. The van der Waals surface area contributed by atoms with Crippen LogP contribution in [0.5, 0.6) is 17.5 Å². The Morgan fingerprint density at radius 2 is 1.68 bits per heavy atom. The number of ether oxygens (including phenoxy) is 3. The van der Waals surface area contributed by atoms with Gasteiger partial charge < -0.3 is 29.7 Å². The van der Waals surface area contributed by atoms with Crippen molar-refractivity contribution in [2.24, 2.45) is 4.99 Å². The minimum Gasteiger partial charge on any atom is -0.479 e. The maximum absolute atomic E-state index is 13.2. The Balaban J connectivity index is 0.00000216. The molecule has 0 atom stereocenters. The first-order chi connectivity index (χ1) is 20.7. The molecule has 15 heteroatoms. The highest BCUT2D eigenvalue weighted by Gasteiger charge is 2.25. The number of nitrogens with zero attached hydrogens (tertiary/aromatic N) is 4. The van der Waals surface area contributed by atoms with Crippen molar-refractivity contribution >= 4 is 46.8 Å². The van der Waals surface area contributed by atoms with Crippen LogP contribution < -0.4 is 34.9 Å². The molecule has 1 aromatic carbocycles. The number of aryl methyl sites for hydroxylation is 1. The summed E-state index contributed by atoms with van der Waals surface area (Å²) in [4.78, 5) is 28.2. The van der Waals surface area contributed by atoms with Crippen molar-refractivity contribution in [2.45, 2.75) is 46.3 Å². The highest BCUT2D eigenvalue weighted by molar-refractivity contribution is 7.85. The topological polar surface area (TPSA) is 154 Å². The summed E-state index contributed by atoms with van der Waals surface area (Å²) in [5.41, 5.74) is 1.30. The highest BCUT2D eigenvalue weighted by atomic mass is 32.2. The van der Waals surface area contributed by atoms with E-state index in [0.29, 0.717) is 18.9 Å². The van der Waals surface area contributed by atoms with Crippen LogP contribution in [0.25, 0.3) is 0 Å². The van der Waals surface area contributed by atoms with E-state index in [-0.39, 0.29) is 42.2 Å². The van der Waals surface area contributed by atoms with E-state index in [4.69, 9.17) is 18.4 Å². The molecule has 244 valence electrons. The molecule has 1 aromatic heterocycles. The minimum atomic E-state index is -3.59. The van der Waals surface area contributed by atoms with Crippen molar-refractivity contribution in [1.29, 1.82) is 0 Å². The van der Waals surface area contributed by atoms with Crippen LogP contribution >= 0.6 is 0 Å². The predicted octanol–water partition coefficient (Wildman–Crippen LogP) is 3.08. The van der Waals surface area contributed by atoms with Gasteiger partial charge in [0.2, 0.25) is 17.7 Å². The molecular weight excluding hydrogens is 605 g/mol. The Hall–Kier alpha value is -3.53. The molecule has 1 aliphatic heterocycles. The Labute approximate surface area is 262 Å². The van der Waals surface area contributed by atoms with Gasteiger partial charge in [0.1, 0.15) is 11.4 Å². The van der Waals surface area contributed by atoms with Gasteiger partial charge in [0.05, 0.1) is 35.2 Å². The van der Waals surface area contributed by atoms with Gasteiger partial charge >= 0.3 is 0 Å². The molecule has 0 saturated heterocycles. The Kier molecular flexibility index (Phi) is 13.8. The van der Waals surface area contributed by atoms with E-state index in [1.165, 1.54) is 19.4 Å². The van der Waals surface area contributed by atoms with Crippen molar-refractivity contribution in [3.05, 3.63) is 35.5 Å². The van der Waals surface area contributed by atoms with E-state index in [1.54, 1.807) is 11.0 Å². The van der Waals surface area contributed by atoms with Gasteiger partial charge in [-0.1, -0.05) is 43.9 Å². The van der Waals surface area contributed by atoms with Gasteiger partial charge in [0.25, 0.3) is 16.0 Å². The molecule has 0 bridgehead atoms. The second kappa shape index (κ2) is 16.5. The zero-order valence-electron chi connectivity index (χ0n) is 27.4. The third-order valence-corrected chi connectivity index (χ3v) is 8.76. The van der Waals surface area contributed by atoms with E-state index in [2.05, 4.69) is 57.4 Å². The fourth-order valence-corrected chi connectivity index (χ4v) is 5.46. The van der Waals surface area contributed by atoms with Gasteiger partial charge in [-0.15, -0.1) is 0 Å². The van der Waals surface area contributed by atoms with Crippen molar-refractivity contribution < 1.29 is 31.6 Å². The van der Waals surface area contributed by atoms with Crippen LogP contribution in [0.1, 0.15) is 25.3 Å². The molecule has 0 aliphatic carbocycles.